The fourth-order valence-corrected chi connectivity index (χ4v) is 2.21. The Morgan fingerprint density at radius 3 is 2.61 bits per heavy atom. The molecule has 0 aromatic heterocycles. The molecule has 1 amide bonds. The van der Waals surface area contributed by atoms with Crippen molar-refractivity contribution in [2.45, 2.75) is 32.4 Å². The Morgan fingerprint density at radius 2 is 2.00 bits per heavy atom. The third-order valence-electron chi connectivity index (χ3n) is 3.15. The average molecular weight is 254 g/mol. The first kappa shape index (κ1) is 13.0. The van der Waals surface area contributed by atoms with Crippen LogP contribution in [0.4, 0.5) is 8.78 Å². The van der Waals surface area contributed by atoms with E-state index >= 15 is 0 Å². The third-order valence-corrected chi connectivity index (χ3v) is 3.15. The fraction of sp³-hybridized carbons (Fsp3) is 0.462. The molecule has 2 rings (SSSR count). The Bertz CT molecular complexity index is 474. The first-order chi connectivity index (χ1) is 8.49. The highest BCUT2D eigenvalue weighted by Gasteiger charge is 2.25. The van der Waals surface area contributed by atoms with Gasteiger partial charge in [0.2, 0.25) is 5.91 Å². The Labute approximate surface area is 105 Å². The number of amides is 1. The Kier molecular flexibility index (Phi) is 3.61. The predicted molar refractivity (Wildman–Crippen MR) is 63.7 cm³/mol. The first-order valence-corrected chi connectivity index (χ1v) is 5.98. The lowest BCUT2D eigenvalue weighted by molar-refractivity contribution is -0.132. The van der Waals surface area contributed by atoms with Crippen molar-refractivity contribution in [3.63, 3.8) is 0 Å². The van der Waals surface area contributed by atoms with E-state index < -0.39 is 11.6 Å². The first-order valence-electron chi connectivity index (χ1n) is 5.98. The van der Waals surface area contributed by atoms with Crippen molar-refractivity contribution in [1.29, 1.82) is 0 Å². The molecule has 1 aliphatic heterocycles. The summed E-state index contributed by atoms with van der Waals surface area (Å²) in [5, 5.41) is 0. The predicted octanol–water partition coefficient (Wildman–Crippen LogP) is 1.59. The summed E-state index contributed by atoms with van der Waals surface area (Å²) in [5.41, 5.74) is 6.25. The van der Waals surface area contributed by atoms with E-state index in [2.05, 4.69) is 0 Å². The Hall–Kier alpha value is -1.49. The van der Waals surface area contributed by atoms with Crippen LogP contribution in [0.3, 0.4) is 0 Å². The van der Waals surface area contributed by atoms with Gasteiger partial charge in [-0.3, -0.25) is 4.79 Å². The number of nitrogens with two attached hydrogens (primary N) is 1. The van der Waals surface area contributed by atoms with Crippen LogP contribution in [-0.4, -0.2) is 23.4 Å². The van der Waals surface area contributed by atoms with Crippen molar-refractivity contribution in [3.8, 4) is 0 Å². The second-order valence-electron chi connectivity index (χ2n) is 4.73. The number of benzene rings is 1. The van der Waals surface area contributed by atoms with E-state index in [4.69, 9.17) is 5.73 Å². The van der Waals surface area contributed by atoms with Gasteiger partial charge >= 0.3 is 0 Å². The molecular weight excluding hydrogens is 238 g/mol. The fourth-order valence-electron chi connectivity index (χ4n) is 2.21. The van der Waals surface area contributed by atoms with Gasteiger partial charge in [0.05, 0.1) is 0 Å². The number of halogens is 2. The lowest BCUT2D eigenvalue weighted by Gasteiger charge is -2.29. The molecule has 0 fully saturated rings. The number of rotatable bonds is 2. The van der Waals surface area contributed by atoms with Crippen LogP contribution < -0.4 is 5.73 Å². The normalized spacial score (nSPS) is 16.3. The van der Waals surface area contributed by atoms with Crippen LogP contribution in [0.15, 0.2) is 12.1 Å². The summed E-state index contributed by atoms with van der Waals surface area (Å²) in [7, 11) is 0. The van der Waals surface area contributed by atoms with E-state index in [1.807, 2.05) is 0 Å². The van der Waals surface area contributed by atoms with Crippen LogP contribution in [0.2, 0.25) is 0 Å². The number of nitrogens with zero attached hydrogens (tertiary/aromatic N) is 1. The average Bonchev–Trinajstić information content (AvgIpc) is 2.33. The van der Waals surface area contributed by atoms with Gasteiger partial charge in [0.15, 0.2) is 0 Å². The maximum atomic E-state index is 13.6. The molecule has 1 aromatic rings. The summed E-state index contributed by atoms with van der Waals surface area (Å²) in [4.78, 5) is 13.4. The topological polar surface area (TPSA) is 46.3 Å². The zero-order chi connectivity index (χ0) is 13.3. The van der Waals surface area contributed by atoms with Gasteiger partial charge in [-0.15, -0.1) is 0 Å². The van der Waals surface area contributed by atoms with E-state index in [1.165, 1.54) is 4.90 Å². The molecule has 18 heavy (non-hydrogen) atoms. The highest BCUT2D eigenvalue weighted by Crippen LogP contribution is 2.24. The Balaban J connectivity index is 2.20. The summed E-state index contributed by atoms with van der Waals surface area (Å²) < 4.78 is 27.1. The lowest BCUT2D eigenvalue weighted by Crippen LogP contribution is -2.39. The van der Waals surface area contributed by atoms with Gasteiger partial charge in [-0.2, -0.15) is 0 Å². The standard InChI is InChI=1S/C13H16F2N2O/c1-8(16)6-13(18)17-5-4-9-10(7-17)12(15)3-2-11(9)14/h2-3,8H,4-7,16H2,1H3. The summed E-state index contributed by atoms with van der Waals surface area (Å²) >= 11 is 0. The minimum Gasteiger partial charge on any atom is -0.338 e. The second-order valence-corrected chi connectivity index (χ2v) is 4.73. The molecule has 5 heteroatoms. The largest absolute Gasteiger partial charge is 0.338 e. The monoisotopic (exact) mass is 254 g/mol. The zero-order valence-electron chi connectivity index (χ0n) is 10.2. The molecule has 3 nitrogen and oxygen atoms in total. The minimum absolute atomic E-state index is 0.112. The van der Waals surface area contributed by atoms with Crippen LogP contribution in [0.25, 0.3) is 0 Å². The van der Waals surface area contributed by atoms with Gasteiger partial charge in [-0.1, -0.05) is 0 Å². The molecule has 0 saturated heterocycles. The molecule has 1 aromatic carbocycles. The number of hydrogen-bond acceptors (Lipinski definition) is 2. The molecule has 1 atom stereocenters. The zero-order valence-corrected chi connectivity index (χ0v) is 10.2. The molecule has 0 aliphatic carbocycles. The number of carbonyl (C=O) groups excluding carboxylic acids is 1. The van der Waals surface area contributed by atoms with Crippen molar-refractivity contribution >= 4 is 5.91 Å². The number of carbonyl (C=O) groups is 1. The van der Waals surface area contributed by atoms with Gasteiger partial charge in [0.25, 0.3) is 0 Å². The van der Waals surface area contributed by atoms with E-state index in [0.29, 0.717) is 24.1 Å². The van der Waals surface area contributed by atoms with Crippen LogP contribution in [0.1, 0.15) is 24.5 Å². The van der Waals surface area contributed by atoms with Crippen molar-refractivity contribution in [2.24, 2.45) is 5.73 Å². The molecule has 0 spiro atoms. The van der Waals surface area contributed by atoms with E-state index in [-0.39, 0.29) is 24.9 Å². The van der Waals surface area contributed by atoms with Gasteiger partial charge < -0.3 is 10.6 Å². The summed E-state index contributed by atoms with van der Waals surface area (Å²) in [6.45, 7) is 2.29. The molecule has 98 valence electrons. The van der Waals surface area contributed by atoms with Crippen LogP contribution in [0, 0.1) is 11.6 Å². The molecular formula is C13H16F2N2O. The summed E-state index contributed by atoms with van der Waals surface area (Å²) in [5.74, 6) is -0.963. The third kappa shape index (κ3) is 2.51. The molecule has 0 radical (unpaired) electrons. The summed E-state index contributed by atoms with van der Waals surface area (Å²) in [6.07, 6.45) is 0.579. The Morgan fingerprint density at radius 1 is 1.39 bits per heavy atom. The van der Waals surface area contributed by atoms with Crippen LogP contribution in [0.5, 0.6) is 0 Å². The smallest absolute Gasteiger partial charge is 0.224 e. The van der Waals surface area contributed by atoms with Crippen LogP contribution >= 0.6 is 0 Å². The van der Waals surface area contributed by atoms with Gasteiger partial charge in [0.1, 0.15) is 11.6 Å². The number of fused-ring (bicyclic) bond motifs is 1. The minimum atomic E-state index is -0.454. The number of hydrogen-bond donors (Lipinski definition) is 1. The van der Waals surface area contributed by atoms with Crippen molar-refractivity contribution in [3.05, 3.63) is 34.9 Å². The molecule has 1 aliphatic rings. The van der Waals surface area contributed by atoms with Crippen molar-refractivity contribution in [2.75, 3.05) is 6.54 Å². The lowest BCUT2D eigenvalue weighted by atomic mass is 9.98. The van der Waals surface area contributed by atoms with Crippen LogP contribution in [-0.2, 0) is 17.8 Å². The molecule has 1 heterocycles. The molecule has 0 saturated carbocycles. The van der Waals surface area contributed by atoms with Gasteiger partial charge in [-0.05, 0) is 31.0 Å². The highest BCUT2D eigenvalue weighted by molar-refractivity contribution is 5.77. The van der Waals surface area contributed by atoms with E-state index in [1.54, 1.807) is 6.92 Å². The molecule has 1 unspecified atom stereocenters. The highest BCUT2D eigenvalue weighted by atomic mass is 19.1. The van der Waals surface area contributed by atoms with E-state index in [9.17, 15) is 13.6 Å². The SMILES string of the molecule is CC(N)CC(=O)N1CCc2c(F)ccc(F)c2C1. The van der Waals surface area contributed by atoms with Gasteiger partial charge in [0, 0.05) is 31.1 Å². The maximum Gasteiger partial charge on any atom is 0.224 e. The quantitative estimate of drug-likeness (QED) is 0.871. The molecule has 2 N–H and O–H groups in total. The molecule has 0 bridgehead atoms. The summed E-state index contributed by atoms with van der Waals surface area (Å²) in [6, 6.07) is 2.01. The van der Waals surface area contributed by atoms with Crippen molar-refractivity contribution < 1.29 is 13.6 Å². The second kappa shape index (κ2) is 5.02. The van der Waals surface area contributed by atoms with Gasteiger partial charge in [-0.25, -0.2) is 8.78 Å². The maximum absolute atomic E-state index is 13.6. The van der Waals surface area contributed by atoms with E-state index in [0.717, 1.165) is 12.1 Å². The van der Waals surface area contributed by atoms with Crippen molar-refractivity contribution in [1.82, 2.24) is 4.90 Å².